The van der Waals surface area contributed by atoms with Crippen LogP contribution in [0.25, 0.3) is 6.08 Å². The first-order valence-corrected chi connectivity index (χ1v) is 14.2. The van der Waals surface area contributed by atoms with Gasteiger partial charge in [0.05, 0.1) is 21.9 Å². The number of amides is 2. The topological polar surface area (TPSA) is 99.0 Å². The summed E-state index contributed by atoms with van der Waals surface area (Å²) in [5.74, 6) is -0.0653. The van der Waals surface area contributed by atoms with Crippen molar-refractivity contribution in [3.05, 3.63) is 96.3 Å². The summed E-state index contributed by atoms with van der Waals surface area (Å²) in [6.07, 6.45) is -3.39. The van der Waals surface area contributed by atoms with Gasteiger partial charge in [-0.3, -0.25) is 24.6 Å². The van der Waals surface area contributed by atoms with Gasteiger partial charge in [-0.15, -0.1) is 0 Å². The Hall–Kier alpha value is -3.84. The maximum Gasteiger partial charge on any atom is 0.416 e. The molecule has 0 saturated carbocycles. The number of hydrogen-bond donors (Lipinski definition) is 0. The van der Waals surface area contributed by atoms with Crippen LogP contribution >= 0.6 is 27.7 Å². The Bertz CT molecular complexity index is 1590. The summed E-state index contributed by atoms with van der Waals surface area (Å²) in [5, 5.41) is 11.0. The van der Waals surface area contributed by atoms with E-state index >= 15 is 0 Å². The van der Waals surface area contributed by atoms with Crippen molar-refractivity contribution in [2.75, 3.05) is 13.2 Å². The van der Waals surface area contributed by atoms with Crippen LogP contribution in [0.2, 0.25) is 0 Å². The molecule has 1 aliphatic rings. The lowest BCUT2D eigenvalue weighted by Gasteiger charge is -2.17. The van der Waals surface area contributed by atoms with E-state index in [4.69, 9.17) is 9.47 Å². The smallest absolute Gasteiger partial charge is 0.416 e. The van der Waals surface area contributed by atoms with Gasteiger partial charge >= 0.3 is 11.9 Å². The van der Waals surface area contributed by atoms with Gasteiger partial charge in [0.2, 0.25) is 5.75 Å². The van der Waals surface area contributed by atoms with E-state index in [0.717, 1.165) is 22.1 Å². The van der Waals surface area contributed by atoms with Gasteiger partial charge in [0.15, 0.2) is 0 Å². The molecule has 42 heavy (non-hydrogen) atoms. The third-order valence-electron chi connectivity index (χ3n) is 6.20. The van der Waals surface area contributed by atoms with Gasteiger partial charge in [-0.05, 0) is 78.2 Å². The SMILES string of the molecule is Cc1ccc(C(C)C)c(OCCN2C(=O)S/C(=C\c3cc(Br)ccc3Oc3ccc(C(F)(F)F)cc3[N+](=O)[O-])C2=O)c1. The molecule has 1 heterocycles. The van der Waals surface area contributed by atoms with Crippen LogP contribution in [0.5, 0.6) is 17.2 Å². The molecule has 0 radical (unpaired) electrons. The van der Waals surface area contributed by atoms with Crippen LogP contribution in [-0.2, 0) is 11.0 Å². The fourth-order valence-corrected chi connectivity index (χ4v) is 5.33. The Labute approximate surface area is 251 Å². The van der Waals surface area contributed by atoms with Crippen LogP contribution in [0, 0.1) is 17.0 Å². The Kier molecular flexibility index (Phi) is 9.31. The molecule has 0 N–H and O–H groups in total. The zero-order valence-electron chi connectivity index (χ0n) is 22.5. The predicted molar refractivity (Wildman–Crippen MR) is 156 cm³/mol. The Morgan fingerprint density at radius 3 is 2.43 bits per heavy atom. The molecule has 2 amide bonds. The number of alkyl halides is 3. The number of imide groups is 1. The van der Waals surface area contributed by atoms with Crippen molar-refractivity contribution in [3.63, 3.8) is 0 Å². The van der Waals surface area contributed by atoms with E-state index in [0.29, 0.717) is 34.1 Å². The number of rotatable bonds is 9. The van der Waals surface area contributed by atoms with Crippen molar-refractivity contribution in [2.24, 2.45) is 0 Å². The van der Waals surface area contributed by atoms with E-state index in [2.05, 4.69) is 15.9 Å². The lowest BCUT2D eigenvalue weighted by atomic mass is 10.0. The number of hydrogen-bond acceptors (Lipinski definition) is 7. The van der Waals surface area contributed by atoms with Crippen molar-refractivity contribution in [1.82, 2.24) is 4.90 Å². The fraction of sp³-hybridized carbons (Fsp3) is 0.241. The Morgan fingerprint density at radius 2 is 1.76 bits per heavy atom. The number of nitrogens with zero attached hydrogens (tertiary/aromatic N) is 2. The molecule has 0 aromatic heterocycles. The molecular weight excluding hydrogens is 641 g/mol. The summed E-state index contributed by atoms with van der Waals surface area (Å²) in [5.41, 5.74) is 0.204. The Morgan fingerprint density at radius 1 is 1.05 bits per heavy atom. The second-order valence-corrected chi connectivity index (χ2v) is 11.5. The Balaban J connectivity index is 1.55. The maximum absolute atomic E-state index is 13.1. The first kappa shape index (κ1) is 31.1. The van der Waals surface area contributed by atoms with Crippen LogP contribution in [0.15, 0.2) is 64.0 Å². The molecule has 3 aromatic rings. The van der Waals surface area contributed by atoms with Crippen molar-refractivity contribution in [3.8, 4) is 17.2 Å². The number of halogens is 4. The highest BCUT2D eigenvalue weighted by atomic mass is 79.9. The van der Waals surface area contributed by atoms with E-state index in [1.54, 1.807) is 12.1 Å². The molecule has 3 aromatic carbocycles. The standard InChI is InChI=1S/C29H24BrF3N2O6S/c1-16(2)21-7-4-17(3)12-25(21)40-11-10-34-27(36)26(42-28(34)37)14-18-13-20(30)6-9-23(18)41-24-8-5-19(29(31,32)33)15-22(24)35(38)39/h4-9,12-16H,10-11H2,1-3H3/b26-14-. The van der Waals surface area contributed by atoms with Gasteiger partial charge in [0.1, 0.15) is 18.1 Å². The van der Waals surface area contributed by atoms with Crippen LogP contribution in [-0.4, -0.2) is 34.1 Å². The van der Waals surface area contributed by atoms with Crippen molar-refractivity contribution in [2.45, 2.75) is 32.9 Å². The average Bonchev–Trinajstić information content (AvgIpc) is 3.16. The third-order valence-corrected chi connectivity index (χ3v) is 7.60. The normalized spacial score (nSPS) is 14.7. The minimum absolute atomic E-state index is 0.00702. The van der Waals surface area contributed by atoms with E-state index in [-0.39, 0.29) is 35.3 Å². The molecule has 0 unspecified atom stereocenters. The number of ether oxygens (including phenoxy) is 2. The molecule has 0 bridgehead atoms. The van der Waals surface area contributed by atoms with Crippen molar-refractivity contribution < 1.29 is 37.2 Å². The number of nitro groups is 1. The number of thioether (sulfide) groups is 1. The molecule has 0 spiro atoms. The van der Waals surface area contributed by atoms with Crippen LogP contribution in [0.1, 0.15) is 42.0 Å². The van der Waals surface area contributed by atoms with E-state index in [1.807, 2.05) is 39.0 Å². The fourth-order valence-electron chi connectivity index (χ4n) is 4.09. The molecule has 4 rings (SSSR count). The van der Waals surface area contributed by atoms with E-state index in [9.17, 15) is 32.9 Å². The molecule has 1 saturated heterocycles. The summed E-state index contributed by atoms with van der Waals surface area (Å²) in [7, 11) is 0. The molecule has 220 valence electrons. The summed E-state index contributed by atoms with van der Waals surface area (Å²) >= 11 is 4.02. The minimum Gasteiger partial charge on any atom is -0.491 e. The monoisotopic (exact) mass is 664 g/mol. The lowest BCUT2D eigenvalue weighted by molar-refractivity contribution is -0.385. The van der Waals surface area contributed by atoms with Crippen molar-refractivity contribution >= 4 is 50.6 Å². The van der Waals surface area contributed by atoms with Gasteiger partial charge in [0.25, 0.3) is 11.1 Å². The first-order chi connectivity index (χ1) is 19.7. The molecule has 1 aliphatic heterocycles. The number of carbonyl (C=O) groups excluding carboxylic acids is 2. The van der Waals surface area contributed by atoms with Crippen LogP contribution < -0.4 is 9.47 Å². The minimum atomic E-state index is -4.78. The number of benzene rings is 3. The van der Waals surface area contributed by atoms with Crippen molar-refractivity contribution in [1.29, 1.82) is 0 Å². The van der Waals surface area contributed by atoms with Gasteiger partial charge < -0.3 is 9.47 Å². The van der Waals surface area contributed by atoms with Crippen LogP contribution in [0.4, 0.5) is 23.7 Å². The molecule has 8 nitrogen and oxygen atoms in total. The zero-order chi connectivity index (χ0) is 30.8. The highest BCUT2D eigenvalue weighted by Gasteiger charge is 2.36. The third kappa shape index (κ3) is 7.13. The average molecular weight is 665 g/mol. The van der Waals surface area contributed by atoms with Gasteiger partial charge in [-0.2, -0.15) is 13.2 Å². The summed E-state index contributed by atoms with van der Waals surface area (Å²) in [6.45, 7) is 6.10. The first-order valence-electron chi connectivity index (χ1n) is 12.6. The largest absolute Gasteiger partial charge is 0.491 e. The van der Waals surface area contributed by atoms with E-state index in [1.165, 1.54) is 12.1 Å². The predicted octanol–water partition coefficient (Wildman–Crippen LogP) is 8.72. The quantitative estimate of drug-likeness (QED) is 0.128. The zero-order valence-corrected chi connectivity index (χ0v) is 24.9. The number of carbonyl (C=O) groups is 2. The number of nitro benzene ring substituents is 1. The molecule has 1 fully saturated rings. The summed E-state index contributed by atoms with van der Waals surface area (Å²) in [6, 6.07) is 12.3. The molecular formula is C29H24BrF3N2O6S. The number of aryl methyl sites for hydroxylation is 1. The van der Waals surface area contributed by atoms with Gasteiger partial charge in [-0.1, -0.05) is 41.9 Å². The van der Waals surface area contributed by atoms with Gasteiger partial charge in [-0.25, -0.2) is 0 Å². The highest BCUT2D eigenvalue weighted by molar-refractivity contribution is 9.10. The highest BCUT2D eigenvalue weighted by Crippen LogP contribution is 2.40. The van der Waals surface area contributed by atoms with E-state index < -0.39 is 39.2 Å². The molecule has 13 heteroatoms. The van der Waals surface area contributed by atoms with Gasteiger partial charge in [0, 0.05) is 16.1 Å². The lowest BCUT2D eigenvalue weighted by Crippen LogP contribution is -2.32. The van der Waals surface area contributed by atoms with Crippen LogP contribution in [0.3, 0.4) is 0 Å². The second-order valence-electron chi connectivity index (χ2n) is 9.60. The molecule has 0 aliphatic carbocycles. The summed E-state index contributed by atoms with van der Waals surface area (Å²) in [4.78, 5) is 37.5. The second kappa shape index (κ2) is 12.6. The summed E-state index contributed by atoms with van der Waals surface area (Å²) < 4.78 is 51.5. The maximum atomic E-state index is 13.1. The molecule has 0 atom stereocenters.